The summed E-state index contributed by atoms with van der Waals surface area (Å²) in [5, 5.41) is 0. The largest absolute Gasteiger partial charge is 0.412 e. The molecule has 0 bridgehead atoms. The lowest BCUT2D eigenvalue weighted by Gasteiger charge is -2.04. The van der Waals surface area contributed by atoms with E-state index in [0.29, 0.717) is 12.5 Å². The predicted molar refractivity (Wildman–Crippen MR) is 39.3 cm³/mol. The maximum Gasteiger partial charge on any atom is 0.412 e. The third-order valence-corrected chi connectivity index (χ3v) is 1.20. The topological polar surface area (TPSA) is 0 Å². The summed E-state index contributed by atoms with van der Waals surface area (Å²) in [5.41, 5.74) is -0.926. The minimum absolute atomic E-state index is 0.382. The van der Waals surface area contributed by atoms with Crippen LogP contribution in [-0.4, -0.2) is 6.18 Å². The van der Waals surface area contributed by atoms with Gasteiger partial charge >= 0.3 is 6.18 Å². The molecule has 0 aromatic rings. The van der Waals surface area contributed by atoms with Crippen molar-refractivity contribution in [1.82, 2.24) is 0 Å². The maximum absolute atomic E-state index is 12.5. The van der Waals surface area contributed by atoms with E-state index in [9.17, 15) is 17.6 Å². The Labute approximate surface area is 68.6 Å². The number of halogens is 4. The molecule has 0 nitrogen and oxygen atoms in total. The lowest BCUT2D eigenvalue weighted by atomic mass is 10.2. The molecule has 0 saturated carbocycles. The van der Waals surface area contributed by atoms with Gasteiger partial charge in [-0.2, -0.15) is 13.2 Å². The first-order valence-electron chi connectivity index (χ1n) is 3.49. The molecule has 0 radical (unpaired) electrons. The fraction of sp³-hybridized carbons (Fsp3) is 0.500. The lowest BCUT2D eigenvalue weighted by Crippen LogP contribution is -2.08. The molecule has 0 saturated heterocycles. The average molecular weight is 182 g/mol. The Hall–Kier alpha value is -0.800. The zero-order valence-electron chi connectivity index (χ0n) is 6.87. The summed E-state index contributed by atoms with van der Waals surface area (Å²) in [4.78, 5) is 0. The van der Waals surface area contributed by atoms with E-state index >= 15 is 0 Å². The zero-order valence-corrected chi connectivity index (χ0v) is 6.87. The van der Waals surface area contributed by atoms with Crippen LogP contribution >= 0.6 is 0 Å². The molecule has 0 N–H and O–H groups in total. The Morgan fingerprint density at radius 1 is 1.33 bits per heavy atom. The van der Waals surface area contributed by atoms with Crippen molar-refractivity contribution in [3.8, 4) is 0 Å². The molecular weight excluding hydrogens is 172 g/mol. The van der Waals surface area contributed by atoms with Crippen molar-refractivity contribution in [1.29, 1.82) is 0 Å². The second kappa shape index (κ2) is 4.28. The predicted octanol–water partition coefficient (Wildman–Crippen LogP) is 3.76. The van der Waals surface area contributed by atoms with Gasteiger partial charge in [0, 0.05) is 5.57 Å². The van der Waals surface area contributed by atoms with Crippen molar-refractivity contribution >= 4 is 0 Å². The number of rotatable bonds is 2. The average Bonchev–Trinajstić information content (AvgIpc) is 1.85. The van der Waals surface area contributed by atoms with Crippen LogP contribution in [0.1, 0.15) is 20.3 Å². The summed E-state index contributed by atoms with van der Waals surface area (Å²) in [7, 11) is 0. The smallest absolute Gasteiger partial charge is 0.207 e. The molecule has 0 aromatic carbocycles. The van der Waals surface area contributed by atoms with E-state index in [1.807, 2.05) is 0 Å². The van der Waals surface area contributed by atoms with Crippen molar-refractivity contribution in [2.45, 2.75) is 26.4 Å². The molecule has 0 aliphatic heterocycles. The monoisotopic (exact) mass is 182 g/mol. The van der Waals surface area contributed by atoms with Gasteiger partial charge in [-0.3, -0.25) is 0 Å². The third kappa shape index (κ3) is 4.16. The summed E-state index contributed by atoms with van der Waals surface area (Å²) in [6, 6.07) is 0. The number of allylic oxidation sites excluding steroid dienone is 4. The first-order valence-corrected chi connectivity index (χ1v) is 3.49. The highest BCUT2D eigenvalue weighted by atomic mass is 19.4. The molecule has 0 amide bonds. The Morgan fingerprint density at radius 2 is 1.83 bits per heavy atom. The fourth-order valence-electron chi connectivity index (χ4n) is 0.543. The van der Waals surface area contributed by atoms with Gasteiger partial charge in [0.1, 0.15) is 5.83 Å². The summed E-state index contributed by atoms with van der Waals surface area (Å²) >= 11 is 0. The molecule has 0 spiro atoms. The third-order valence-electron chi connectivity index (χ3n) is 1.20. The van der Waals surface area contributed by atoms with Gasteiger partial charge in [0.15, 0.2) is 0 Å². The van der Waals surface area contributed by atoms with Crippen LogP contribution in [0.4, 0.5) is 17.6 Å². The van der Waals surface area contributed by atoms with E-state index in [4.69, 9.17) is 0 Å². The van der Waals surface area contributed by atoms with E-state index in [2.05, 4.69) is 0 Å². The molecule has 70 valence electrons. The van der Waals surface area contributed by atoms with Crippen molar-refractivity contribution in [3.05, 3.63) is 23.6 Å². The minimum Gasteiger partial charge on any atom is -0.207 e. The Bertz CT molecular complexity index is 198. The summed E-state index contributed by atoms with van der Waals surface area (Å²) in [6.45, 7) is 2.49. The van der Waals surface area contributed by atoms with Crippen molar-refractivity contribution in [2.75, 3.05) is 0 Å². The molecule has 0 atom stereocenters. The molecule has 0 aliphatic carbocycles. The molecule has 4 heteroatoms. The quantitative estimate of drug-likeness (QED) is 0.450. The summed E-state index contributed by atoms with van der Waals surface area (Å²) in [5.74, 6) is -0.840. The molecule has 0 fully saturated rings. The SMILES string of the molecule is CC/C=C(F)\C=C(/C)C(F)(F)F. The van der Waals surface area contributed by atoms with Crippen LogP contribution in [0.2, 0.25) is 0 Å². The van der Waals surface area contributed by atoms with Crippen LogP contribution in [0.5, 0.6) is 0 Å². The Morgan fingerprint density at radius 3 is 2.17 bits per heavy atom. The lowest BCUT2D eigenvalue weighted by molar-refractivity contribution is -0.0914. The second-order valence-corrected chi connectivity index (χ2v) is 2.32. The van der Waals surface area contributed by atoms with Crippen LogP contribution in [0.15, 0.2) is 23.6 Å². The molecule has 0 unspecified atom stereocenters. The van der Waals surface area contributed by atoms with E-state index in [0.717, 1.165) is 13.0 Å². The number of hydrogen-bond acceptors (Lipinski definition) is 0. The molecule has 0 rings (SSSR count). The molecular formula is C8H10F4. The van der Waals surface area contributed by atoms with E-state index in [1.165, 1.54) is 0 Å². The number of alkyl halides is 3. The summed E-state index contributed by atoms with van der Waals surface area (Å²) < 4.78 is 47.8. The van der Waals surface area contributed by atoms with Gasteiger partial charge in [-0.25, -0.2) is 4.39 Å². The second-order valence-electron chi connectivity index (χ2n) is 2.32. The standard InChI is InChI=1S/C8H10F4/c1-3-4-7(9)5-6(2)8(10,11)12/h4-5H,3H2,1-2H3/b6-5+,7-4+. The Kier molecular flexibility index (Phi) is 4.00. The highest BCUT2D eigenvalue weighted by molar-refractivity contribution is 5.19. The van der Waals surface area contributed by atoms with Gasteiger partial charge in [-0.05, 0) is 25.5 Å². The van der Waals surface area contributed by atoms with Gasteiger partial charge < -0.3 is 0 Å². The van der Waals surface area contributed by atoms with Crippen molar-refractivity contribution in [3.63, 3.8) is 0 Å². The van der Waals surface area contributed by atoms with E-state index < -0.39 is 17.6 Å². The fourth-order valence-corrected chi connectivity index (χ4v) is 0.543. The van der Waals surface area contributed by atoms with Crippen molar-refractivity contribution < 1.29 is 17.6 Å². The van der Waals surface area contributed by atoms with Crippen LogP contribution in [0.25, 0.3) is 0 Å². The van der Waals surface area contributed by atoms with E-state index in [-0.39, 0.29) is 0 Å². The van der Waals surface area contributed by atoms with Crippen LogP contribution in [0, 0.1) is 0 Å². The van der Waals surface area contributed by atoms with Crippen LogP contribution in [0.3, 0.4) is 0 Å². The summed E-state index contributed by atoms with van der Waals surface area (Å²) in [6.07, 6.45) is -2.47. The molecule has 12 heavy (non-hydrogen) atoms. The highest BCUT2D eigenvalue weighted by Gasteiger charge is 2.29. The first-order chi connectivity index (χ1) is 5.38. The van der Waals surface area contributed by atoms with Gasteiger partial charge in [-0.1, -0.05) is 6.92 Å². The van der Waals surface area contributed by atoms with Crippen LogP contribution in [-0.2, 0) is 0 Å². The van der Waals surface area contributed by atoms with Crippen molar-refractivity contribution in [2.24, 2.45) is 0 Å². The molecule has 0 aliphatic rings. The van der Waals surface area contributed by atoms with Gasteiger partial charge in [0.2, 0.25) is 0 Å². The Balaban J connectivity index is 4.47. The first kappa shape index (κ1) is 11.2. The van der Waals surface area contributed by atoms with Gasteiger partial charge in [0.25, 0.3) is 0 Å². The zero-order chi connectivity index (χ0) is 9.78. The number of hydrogen-bond donors (Lipinski definition) is 0. The molecule has 0 heterocycles. The minimum atomic E-state index is -4.43. The van der Waals surface area contributed by atoms with Gasteiger partial charge in [-0.15, -0.1) is 0 Å². The van der Waals surface area contributed by atoms with Crippen LogP contribution < -0.4 is 0 Å². The maximum atomic E-state index is 12.5. The van der Waals surface area contributed by atoms with E-state index in [1.54, 1.807) is 6.92 Å². The van der Waals surface area contributed by atoms with Gasteiger partial charge in [0.05, 0.1) is 0 Å². The highest BCUT2D eigenvalue weighted by Crippen LogP contribution is 2.26. The normalized spacial score (nSPS) is 15.2. The molecule has 0 aromatic heterocycles.